The Kier molecular flexibility index (Phi) is 4.36. The number of aliphatic carboxylic acids is 1. The molecule has 0 saturated carbocycles. The number of carboxylic acid groups (broad SMARTS) is 1. The first-order valence-corrected chi connectivity index (χ1v) is 6.58. The Morgan fingerprint density at radius 3 is 2.68 bits per heavy atom. The van der Waals surface area contributed by atoms with Crippen LogP contribution in [0.2, 0.25) is 0 Å². The third-order valence-electron chi connectivity index (χ3n) is 3.55. The zero-order valence-electron chi connectivity index (χ0n) is 10.8. The van der Waals surface area contributed by atoms with Crippen molar-refractivity contribution in [3.8, 4) is 0 Å². The van der Waals surface area contributed by atoms with E-state index in [1.807, 2.05) is 4.90 Å². The molecule has 1 atom stereocenters. The van der Waals surface area contributed by atoms with Gasteiger partial charge in [0.05, 0.1) is 6.54 Å². The van der Waals surface area contributed by atoms with Crippen molar-refractivity contribution in [3.05, 3.63) is 0 Å². The van der Waals surface area contributed by atoms with Crippen molar-refractivity contribution in [2.45, 2.75) is 25.3 Å². The van der Waals surface area contributed by atoms with Crippen molar-refractivity contribution in [2.24, 2.45) is 0 Å². The first kappa shape index (κ1) is 13.8. The molecule has 2 amide bonds. The molecule has 0 aromatic rings. The van der Waals surface area contributed by atoms with E-state index >= 15 is 0 Å². The van der Waals surface area contributed by atoms with Crippen LogP contribution in [0.3, 0.4) is 0 Å². The minimum absolute atomic E-state index is 0.0161. The Hall–Kier alpha value is -1.63. The fraction of sp³-hybridized carbons (Fsp3) is 0.750. The molecule has 2 heterocycles. The van der Waals surface area contributed by atoms with Crippen molar-refractivity contribution in [2.75, 3.05) is 32.7 Å². The maximum Gasteiger partial charge on any atom is 0.317 e. The average Bonchev–Trinajstić information content (AvgIpc) is 2.65. The molecule has 2 saturated heterocycles. The molecule has 1 unspecified atom stereocenters. The Bertz CT molecular complexity index is 385. The van der Waals surface area contributed by atoms with Crippen LogP contribution in [-0.4, -0.2) is 71.5 Å². The molecule has 2 fully saturated rings. The normalized spacial score (nSPS) is 24.9. The number of hydrogen-bond acceptors (Lipinski definition) is 4. The Balaban J connectivity index is 1.86. The van der Waals surface area contributed by atoms with Gasteiger partial charge in [-0.2, -0.15) is 0 Å². The summed E-state index contributed by atoms with van der Waals surface area (Å²) < 4.78 is 0. The van der Waals surface area contributed by atoms with E-state index in [9.17, 15) is 14.4 Å². The lowest BCUT2D eigenvalue weighted by Crippen LogP contribution is -2.46. The first-order valence-electron chi connectivity index (χ1n) is 6.58. The molecule has 2 N–H and O–H groups in total. The summed E-state index contributed by atoms with van der Waals surface area (Å²) >= 11 is 0. The van der Waals surface area contributed by atoms with Gasteiger partial charge < -0.3 is 15.3 Å². The molecule has 0 spiro atoms. The van der Waals surface area contributed by atoms with Crippen molar-refractivity contribution in [3.63, 3.8) is 0 Å². The molecule has 0 radical (unpaired) electrons. The van der Waals surface area contributed by atoms with Crippen molar-refractivity contribution < 1.29 is 19.5 Å². The lowest BCUT2D eigenvalue weighted by atomic mass is 10.2. The van der Waals surface area contributed by atoms with Gasteiger partial charge in [0.1, 0.15) is 6.04 Å². The van der Waals surface area contributed by atoms with Gasteiger partial charge in [-0.1, -0.05) is 0 Å². The molecule has 7 nitrogen and oxygen atoms in total. The molecule has 106 valence electrons. The van der Waals surface area contributed by atoms with E-state index in [0.29, 0.717) is 39.0 Å². The van der Waals surface area contributed by atoms with Gasteiger partial charge in [0.15, 0.2) is 0 Å². The van der Waals surface area contributed by atoms with Crippen LogP contribution in [0.4, 0.5) is 0 Å². The SMILES string of the molecule is O=C(O)CN1CCCN(C(=O)C2CCC(=O)N2)CC1. The molecular weight excluding hydrogens is 250 g/mol. The Labute approximate surface area is 111 Å². The molecule has 19 heavy (non-hydrogen) atoms. The molecule has 7 heteroatoms. The van der Waals surface area contributed by atoms with Crippen LogP contribution >= 0.6 is 0 Å². The van der Waals surface area contributed by atoms with Crippen molar-refractivity contribution in [1.29, 1.82) is 0 Å². The second-order valence-electron chi connectivity index (χ2n) is 5.01. The van der Waals surface area contributed by atoms with Gasteiger partial charge in [-0.05, 0) is 12.8 Å². The predicted octanol–water partition coefficient (Wildman–Crippen LogP) is -1.12. The highest BCUT2D eigenvalue weighted by molar-refractivity contribution is 5.90. The number of carbonyl (C=O) groups is 3. The molecule has 0 aromatic heterocycles. The van der Waals surface area contributed by atoms with Crippen molar-refractivity contribution >= 4 is 17.8 Å². The molecule has 0 aromatic carbocycles. The highest BCUT2D eigenvalue weighted by Crippen LogP contribution is 2.12. The zero-order valence-corrected chi connectivity index (χ0v) is 10.8. The van der Waals surface area contributed by atoms with Crippen LogP contribution in [0.1, 0.15) is 19.3 Å². The van der Waals surface area contributed by atoms with Gasteiger partial charge in [0, 0.05) is 32.6 Å². The summed E-state index contributed by atoms with van der Waals surface area (Å²) in [5, 5.41) is 11.4. The number of hydrogen-bond donors (Lipinski definition) is 2. The van der Waals surface area contributed by atoms with Gasteiger partial charge in [-0.3, -0.25) is 19.3 Å². The number of rotatable bonds is 3. The number of nitrogens with one attached hydrogen (secondary N) is 1. The maximum atomic E-state index is 12.2. The van der Waals surface area contributed by atoms with E-state index in [2.05, 4.69) is 5.32 Å². The summed E-state index contributed by atoms with van der Waals surface area (Å²) in [6, 6.07) is -0.390. The quantitative estimate of drug-likeness (QED) is 0.677. The summed E-state index contributed by atoms with van der Waals surface area (Å²) in [6.07, 6.45) is 1.74. The van der Waals surface area contributed by atoms with Gasteiger partial charge in [0.2, 0.25) is 11.8 Å². The monoisotopic (exact) mass is 269 g/mol. The van der Waals surface area contributed by atoms with E-state index < -0.39 is 12.0 Å². The van der Waals surface area contributed by atoms with E-state index in [1.165, 1.54) is 0 Å². The topological polar surface area (TPSA) is 90.0 Å². The molecular formula is C12H19N3O4. The van der Waals surface area contributed by atoms with Crippen LogP contribution in [-0.2, 0) is 14.4 Å². The third-order valence-corrected chi connectivity index (χ3v) is 3.55. The third kappa shape index (κ3) is 3.66. The molecule has 0 bridgehead atoms. The van der Waals surface area contributed by atoms with E-state index in [0.717, 1.165) is 6.42 Å². The fourth-order valence-electron chi connectivity index (χ4n) is 2.56. The highest BCUT2D eigenvalue weighted by Gasteiger charge is 2.31. The van der Waals surface area contributed by atoms with Gasteiger partial charge in [0.25, 0.3) is 0 Å². The van der Waals surface area contributed by atoms with Gasteiger partial charge in [-0.15, -0.1) is 0 Å². The van der Waals surface area contributed by atoms with E-state index in [1.54, 1.807) is 4.90 Å². The lowest BCUT2D eigenvalue weighted by molar-refractivity contribution is -0.138. The Morgan fingerprint density at radius 2 is 2.05 bits per heavy atom. The van der Waals surface area contributed by atoms with E-state index in [4.69, 9.17) is 5.11 Å². The van der Waals surface area contributed by atoms with E-state index in [-0.39, 0.29) is 18.4 Å². The lowest BCUT2D eigenvalue weighted by Gasteiger charge is -2.24. The van der Waals surface area contributed by atoms with Crippen LogP contribution in [0.25, 0.3) is 0 Å². The van der Waals surface area contributed by atoms with Crippen LogP contribution < -0.4 is 5.32 Å². The largest absolute Gasteiger partial charge is 0.480 e. The minimum Gasteiger partial charge on any atom is -0.480 e. The zero-order chi connectivity index (χ0) is 13.8. The van der Waals surface area contributed by atoms with Gasteiger partial charge >= 0.3 is 5.97 Å². The number of nitrogens with zero attached hydrogens (tertiary/aromatic N) is 2. The van der Waals surface area contributed by atoms with Crippen molar-refractivity contribution in [1.82, 2.24) is 15.1 Å². The Morgan fingerprint density at radius 1 is 1.26 bits per heavy atom. The summed E-state index contributed by atoms with van der Waals surface area (Å²) in [6.45, 7) is 2.42. The molecule has 2 rings (SSSR count). The second-order valence-corrected chi connectivity index (χ2v) is 5.01. The smallest absolute Gasteiger partial charge is 0.317 e. The minimum atomic E-state index is -0.845. The van der Waals surface area contributed by atoms with Crippen LogP contribution in [0.5, 0.6) is 0 Å². The summed E-state index contributed by atoms with van der Waals surface area (Å²) in [5.41, 5.74) is 0. The number of carbonyl (C=O) groups excluding carboxylic acids is 2. The number of amides is 2. The number of carboxylic acids is 1. The summed E-state index contributed by atoms with van der Waals surface area (Å²) in [7, 11) is 0. The second kappa shape index (κ2) is 6.01. The maximum absolute atomic E-state index is 12.2. The highest BCUT2D eigenvalue weighted by atomic mass is 16.4. The summed E-state index contributed by atoms with van der Waals surface area (Å²) in [5.74, 6) is -0.952. The average molecular weight is 269 g/mol. The summed E-state index contributed by atoms with van der Waals surface area (Å²) in [4.78, 5) is 37.6. The van der Waals surface area contributed by atoms with Gasteiger partial charge in [-0.25, -0.2) is 0 Å². The standard InChI is InChI=1S/C12H19N3O4/c16-10-3-2-9(13-10)12(19)15-5-1-4-14(6-7-15)8-11(17)18/h9H,1-8H2,(H,13,16)(H,17,18). The molecule has 0 aliphatic carbocycles. The van der Waals surface area contributed by atoms with Crippen LogP contribution in [0.15, 0.2) is 0 Å². The fourth-order valence-corrected chi connectivity index (χ4v) is 2.56. The predicted molar refractivity (Wildman–Crippen MR) is 66.4 cm³/mol. The van der Waals surface area contributed by atoms with Crippen LogP contribution in [0, 0.1) is 0 Å². The molecule has 2 aliphatic heterocycles. The molecule has 2 aliphatic rings. The first-order chi connectivity index (χ1) is 9.06.